The lowest BCUT2D eigenvalue weighted by atomic mass is 9.97. The Kier molecular flexibility index (Phi) is 4.57. The van der Waals surface area contributed by atoms with Crippen LogP contribution in [0.4, 0.5) is 0 Å². The molecule has 1 atom stereocenters. The molecule has 1 unspecified atom stereocenters. The number of hydrogen-bond donors (Lipinski definition) is 0. The second kappa shape index (κ2) is 6.61. The third-order valence-electron chi connectivity index (χ3n) is 4.54. The molecule has 0 amide bonds. The first-order valence-electron chi connectivity index (χ1n) is 8.30. The van der Waals surface area contributed by atoms with Crippen molar-refractivity contribution in [3.8, 4) is 5.75 Å². The molecule has 2 heterocycles. The Hall–Kier alpha value is -1.68. The van der Waals surface area contributed by atoms with Gasteiger partial charge in [0.1, 0.15) is 18.6 Å². The number of ether oxygens (including phenoxy) is 1. The van der Waals surface area contributed by atoms with Gasteiger partial charge in [0.15, 0.2) is 0 Å². The molecule has 4 nitrogen and oxygen atoms in total. The van der Waals surface area contributed by atoms with E-state index in [-0.39, 0.29) is 0 Å². The minimum atomic E-state index is 0.396. The van der Waals surface area contributed by atoms with Gasteiger partial charge >= 0.3 is 0 Å². The number of fused-ring (bicyclic) bond motifs is 3. The van der Waals surface area contributed by atoms with Crippen LogP contribution >= 0.6 is 0 Å². The summed E-state index contributed by atoms with van der Waals surface area (Å²) in [5.41, 5.74) is 1.97. The predicted molar refractivity (Wildman–Crippen MR) is 86.7 cm³/mol. The quantitative estimate of drug-likeness (QED) is 0.739. The maximum Gasteiger partial charge on any atom is 0.148 e. The van der Waals surface area contributed by atoms with E-state index in [1.807, 2.05) is 12.1 Å². The van der Waals surface area contributed by atoms with Gasteiger partial charge in [0, 0.05) is 22.4 Å². The first-order valence-corrected chi connectivity index (χ1v) is 8.30. The number of benzene rings is 1. The largest absolute Gasteiger partial charge is 0.492 e. The molecule has 0 radical (unpaired) electrons. The number of rotatable bonds is 6. The molecule has 0 aliphatic carbocycles. The zero-order chi connectivity index (χ0) is 15.5. The van der Waals surface area contributed by atoms with E-state index in [4.69, 9.17) is 4.74 Å². The molecule has 118 valence electrons. The van der Waals surface area contributed by atoms with E-state index >= 15 is 0 Å². The zero-order valence-corrected chi connectivity index (χ0v) is 13.5. The number of nitrogens with zero attached hydrogens (tertiary/aromatic N) is 2. The second-order valence-electron chi connectivity index (χ2n) is 6.10. The van der Waals surface area contributed by atoms with E-state index in [9.17, 15) is 4.79 Å². The van der Waals surface area contributed by atoms with Crippen molar-refractivity contribution in [3.05, 3.63) is 28.3 Å². The van der Waals surface area contributed by atoms with E-state index in [1.165, 1.54) is 5.56 Å². The molecule has 22 heavy (non-hydrogen) atoms. The average Bonchev–Trinajstić information content (AvgIpc) is 2.98. The van der Waals surface area contributed by atoms with Crippen LogP contribution in [0.25, 0.3) is 5.57 Å². The molecular formula is C18H24N2O2. The Bertz CT molecular complexity index is 675. The molecular weight excluding hydrogens is 276 g/mol. The normalized spacial score (nSPS) is 19.4. The van der Waals surface area contributed by atoms with Crippen LogP contribution in [0, 0.1) is 0 Å². The van der Waals surface area contributed by atoms with Gasteiger partial charge < -0.3 is 4.74 Å². The van der Waals surface area contributed by atoms with E-state index in [1.54, 1.807) is 0 Å². The van der Waals surface area contributed by atoms with E-state index in [2.05, 4.69) is 23.7 Å². The Morgan fingerprint density at radius 2 is 2.09 bits per heavy atom. The summed E-state index contributed by atoms with van der Waals surface area (Å²) < 4.78 is 6.02. The molecule has 1 aromatic rings. The highest BCUT2D eigenvalue weighted by Gasteiger charge is 2.27. The zero-order valence-electron chi connectivity index (χ0n) is 13.5. The summed E-state index contributed by atoms with van der Waals surface area (Å²) >= 11 is 0. The Labute approximate surface area is 131 Å². The Balaban J connectivity index is 1.98. The van der Waals surface area contributed by atoms with Gasteiger partial charge in [0.05, 0.1) is 11.9 Å². The Morgan fingerprint density at radius 1 is 1.32 bits per heavy atom. The lowest BCUT2D eigenvalue weighted by molar-refractivity contribution is -0.103. The SMILES string of the molecule is CCCN(CCC)C1COc2ccc3c(c2C1)=C(C=O)CN=3. The van der Waals surface area contributed by atoms with Crippen molar-refractivity contribution in [2.75, 3.05) is 26.2 Å². The standard InChI is InChI=1S/C18H24N2O2/c1-3-7-20(8-4-2)14-9-15-17(22-12-14)6-5-16-18(15)13(11-21)10-19-16/h5-6,11,14H,3-4,7-10,12H2,1-2H3. The first-order chi connectivity index (χ1) is 10.8. The molecule has 0 aromatic heterocycles. The number of carbonyl (C=O) groups excluding carboxylic acids is 1. The highest BCUT2D eigenvalue weighted by molar-refractivity contribution is 6.00. The fourth-order valence-corrected chi connectivity index (χ4v) is 3.56. The lowest BCUT2D eigenvalue weighted by Gasteiger charge is -2.35. The maximum absolute atomic E-state index is 11.3. The van der Waals surface area contributed by atoms with Gasteiger partial charge in [-0.1, -0.05) is 13.8 Å². The van der Waals surface area contributed by atoms with Crippen molar-refractivity contribution < 1.29 is 9.53 Å². The van der Waals surface area contributed by atoms with Gasteiger partial charge in [-0.15, -0.1) is 0 Å². The number of carbonyl (C=O) groups is 1. The average molecular weight is 300 g/mol. The highest BCUT2D eigenvalue weighted by atomic mass is 16.5. The third-order valence-corrected chi connectivity index (χ3v) is 4.54. The fraction of sp³-hybridized carbons (Fsp3) is 0.556. The van der Waals surface area contributed by atoms with E-state index in [0.717, 1.165) is 67.1 Å². The molecule has 0 saturated carbocycles. The minimum Gasteiger partial charge on any atom is -0.492 e. The summed E-state index contributed by atoms with van der Waals surface area (Å²) in [7, 11) is 0. The lowest BCUT2D eigenvalue weighted by Crippen LogP contribution is -2.46. The molecule has 0 N–H and O–H groups in total. The fourth-order valence-electron chi connectivity index (χ4n) is 3.56. The molecule has 0 spiro atoms. The van der Waals surface area contributed by atoms with E-state index < -0.39 is 0 Å². The van der Waals surface area contributed by atoms with Gasteiger partial charge in [-0.05, 0) is 44.5 Å². The van der Waals surface area contributed by atoms with Crippen LogP contribution in [0.2, 0.25) is 0 Å². The number of aldehydes is 1. The van der Waals surface area contributed by atoms with Crippen LogP contribution in [-0.2, 0) is 11.2 Å². The molecule has 2 aliphatic rings. The van der Waals surface area contributed by atoms with Gasteiger partial charge in [0.2, 0.25) is 0 Å². The minimum absolute atomic E-state index is 0.396. The van der Waals surface area contributed by atoms with Gasteiger partial charge in [-0.25, -0.2) is 0 Å². The van der Waals surface area contributed by atoms with Crippen LogP contribution in [0.5, 0.6) is 5.75 Å². The van der Waals surface area contributed by atoms with Crippen molar-refractivity contribution in [1.82, 2.24) is 4.90 Å². The van der Waals surface area contributed by atoms with Crippen molar-refractivity contribution in [2.24, 2.45) is 4.99 Å². The summed E-state index contributed by atoms with van der Waals surface area (Å²) in [6.45, 7) is 7.87. The van der Waals surface area contributed by atoms with Crippen molar-refractivity contribution in [1.29, 1.82) is 0 Å². The maximum atomic E-state index is 11.3. The van der Waals surface area contributed by atoms with E-state index in [0.29, 0.717) is 12.6 Å². The van der Waals surface area contributed by atoms with Crippen LogP contribution in [-0.4, -0.2) is 43.5 Å². The van der Waals surface area contributed by atoms with Crippen molar-refractivity contribution in [3.63, 3.8) is 0 Å². The molecule has 3 rings (SSSR count). The summed E-state index contributed by atoms with van der Waals surface area (Å²) in [4.78, 5) is 18.3. The highest BCUT2D eigenvalue weighted by Crippen LogP contribution is 2.24. The summed E-state index contributed by atoms with van der Waals surface area (Å²) in [6.07, 6.45) is 4.20. The van der Waals surface area contributed by atoms with Crippen LogP contribution in [0.1, 0.15) is 32.3 Å². The van der Waals surface area contributed by atoms with Crippen LogP contribution < -0.4 is 15.3 Å². The first kappa shape index (κ1) is 15.2. The molecule has 0 bridgehead atoms. The second-order valence-corrected chi connectivity index (χ2v) is 6.10. The van der Waals surface area contributed by atoms with Crippen molar-refractivity contribution in [2.45, 2.75) is 39.2 Å². The van der Waals surface area contributed by atoms with Crippen molar-refractivity contribution >= 4 is 11.9 Å². The molecule has 4 heteroatoms. The topological polar surface area (TPSA) is 41.9 Å². The summed E-state index contributed by atoms with van der Waals surface area (Å²) in [6, 6.07) is 4.37. The Morgan fingerprint density at radius 3 is 2.77 bits per heavy atom. The monoisotopic (exact) mass is 300 g/mol. The molecule has 0 fully saturated rings. The van der Waals surface area contributed by atoms with Gasteiger partial charge in [-0.2, -0.15) is 0 Å². The van der Waals surface area contributed by atoms with Gasteiger partial charge in [-0.3, -0.25) is 14.7 Å². The third kappa shape index (κ3) is 2.68. The molecule has 2 aliphatic heterocycles. The smallest absolute Gasteiger partial charge is 0.148 e. The summed E-state index contributed by atoms with van der Waals surface area (Å²) in [5, 5.41) is 1.98. The van der Waals surface area contributed by atoms with Crippen LogP contribution in [0.15, 0.2) is 17.1 Å². The van der Waals surface area contributed by atoms with Crippen LogP contribution in [0.3, 0.4) is 0 Å². The van der Waals surface area contributed by atoms with Gasteiger partial charge in [0.25, 0.3) is 0 Å². The predicted octanol–water partition coefficient (Wildman–Crippen LogP) is 1.09. The number of hydrogen-bond acceptors (Lipinski definition) is 4. The molecule has 1 aromatic carbocycles. The molecule has 0 saturated heterocycles. The summed E-state index contributed by atoms with van der Waals surface area (Å²) in [5.74, 6) is 0.930.